The maximum Gasteiger partial charge on any atom is 0.322 e. The van der Waals surface area contributed by atoms with E-state index in [0.717, 1.165) is 7.11 Å². The number of rotatable bonds is 14. The van der Waals surface area contributed by atoms with Crippen molar-refractivity contribution in [1.82, 2.24) is 16.0 Å². The van der Waals surface area contributed by atoms with Crippen molar-refractivity contribution in [1.29, 1.82) is 0 Å². The van der Waals surface area contributed by atoms with E-state index in [-0.39, 0.29) is 25.1 Å². The second-order valence-corrected chi connectivity index (χ2v) is 6.74. The Morgan fingerprint density at radius 1 is 1.00 bits per heavy atom. The SMILES string of the molecule is COC(=O)CC(SC[C@H](NC(=O)NCCCC(=O)O)C(=O)NCC(=O)O)C(=O)O. The van der Waals surface area contributed by atoms with Gasteiger partial charge in [-0.05, 0) is 6.42 Å². The van der Waals surface area contributed by atoms with Crippen LogP contribution in [0.3, 0.4) is 0 Å². The Hall–Kier alpha value is -3.03. The summed E-state index contributed by atoms with van der Waals surface area (Å²) in [5.41, 5.74) is 0. The van der Waals surface area contributed by atoms with Crippen LogP contribution in [0.25, 0.3) is 0 Å². The van der Waals surface area contributed by atoms with Gasteiger partial charge in [0.1, 0.15) is 17.8 Å². The van der Waals surface area contributed by atoms with Crippen molar-refractivity contribution in [3.8, 4) is 0 Å². The van der Waals surface area contributed by atoms with Gasteiger partial charge in [-0.25, -0.2) is 4.79 Å². The van der Waals surface area contributed by atoms with Gasteiger partial charge in [0.15, 0.2) is 0 Å². The minimum absolute atomic E-state index is 0.00876. The van der Waals surface area contributed by atoms with Crippen LogP contribution < -0.4 is 16.0 Å². The van der Waals surface area contributed by atoms with E-state index in [2.05, 4.69) is 20.7 Å². The second kappa shape index (κ2) is 14.0. The molecule has 0 aromatic carbocycles. The maximum atomic E-state index is 12.1. The van der Waals surface area contributed by atoms with Crippen LogP contribution >= 0.6 is 11.8 Å². The summed E-state index contributed by atoms with van der Waals surface area (Å²) in [7, 11) is 1.09. The van der Waals surface area contributed by atoms with Crippen LogP contribution in [0.5, 0.6) is 0 Å². The smallest absolute Gasteiger partial charge is 0.322 e. The zero-order chi connectivity index (χ0) is 22.4. The lowest BCUT2D eigenvalue weighted by molar-refractivity contribution is -0.145. The van der Waals surface area contributed by atoms with E-state index in [9.17, 15) is 28.8 Å². The molecule has 0 saturated heterocycles. The molecule has 164 valence electrons. The van der Waals surface area contributed by atoms with Crippen LogP contribution in [0, 0.1) is 0 Å². The Bertz CT molecular complexity index is 627. The molecule has 14 heteroatoms. The summed E-state index contributed by atoms with van der Waals surface area (Å²) in [6.45, 7) is -0.707. The van der Waals surface area contributed by atoms with Gasteiger partial charge in [0.05, 0.1) is 13.5 Å². The molecule has 0 saturated carbocycles. The molecule has 0 bridgehead atoms. The number of methoxy groups -OCH3 is 1. The highest BCUT2D eigenvalue weighted by Gasteiger charge is 2.27. The summed E-state index contributed by atoms with van der Waals surface area (Å²) in [6, 6.07) is -2.13. The number of carboxylic acid groups (broad SMARTS) is 3. The van der Waals surface area contributed by atoms with E-state index >= 15 is 0 Å². The average molecular weight is 437 g/mol. The number of thioether (sulfide) groups is 1. The summed E-state index contributed by atoms with van der Waals surface area (Å²) >= 11 is 0.689. The molecule has 0 rings (SSSR count). The number of esters is 1. The van der Waals surface area contributed by atoms with Crippen molar-refractivity contribution >= 4 is 47.6 Å². The van der Waals surface area contributed by atoms with Crippen LogP contribution in [-0.4, -0.2) is 88.4 Å². The highest BCUT2D eigenvalue weighted by atomic mass is 32.2. The fraction of sp³-hybridized carbons (Fsp3) is 0.600. The van der Waals surface area contributed by atoms with Crippen molar-refractivity contribution in [3.05, 3.63) is 0 Å². The zero-order valence-electron chi connectivity index (χ0n) is 15.5. The second-order valence-electron chi connectivity index (χ2n) is 5.50. The van der Waals surface area contributed by atoms with E-state index < -0.39 is 60.1 Å². The first-order valence-corrected chi connectivity index (χ1v) is 9.28. The molecule has 0 aromatic heterocycles. The molecule has 0 aliphatic carbocycles. The van der Waals surface area contributed by atoms with Crippen molar-refractivity contribution in [2.45, 2.75) is 30.6 Å². The minimum atomic E-state index is -1.33. The lowest BCUT2D eigenvalue weighted by atomic mass is 10.3. The molecular weight excluding hydrogens is 414 g/mol. The number of ether oxygens (including phenoxy) is 1. The zero-order valence-corrected chi connectivity index (χ0v) is 16.3. The van der Waals surface area contributed by atoms with Gasteiger partial charge in [-0.3, -0.25) is 24.0 Å². The molecule has 1 unspecified atom stereocenters. The van der Waals surface area contributed by atoms with Gasteiger partial charge in [0.2, 0.25) is 5.91 Å². The Morgan fingerprint density at radius 3 is 2.17 bits per heavy atom. The van der Waals surface area contributed by atoms with E-state index in [0.29, 0.717) is 11.8 Å². The summed E-state index contributed by atoms with van der Waals surface area (Å²) in [6.07, 6.45) is -0.499. The molecule has 6 N–H and O–H groups in total. The number of carbonyl (C=O) groups is 6. The third-order valence-corrected chi connectivity index (χ3v) is 4.50. The highest BCUT2D eigenvalue weighted by molar-refractivity contribution is 8.00. The Balaban J connectivity index is 4.89. The molecule has 0 heterocycles. The molecule has 0 aliphatic heterocycles. The Labute approximate surface area is 169 Å². The van der Waals surface area contributed by atoms with Gasteiger partial charge in [-0.15, -0.1) is 11.8 Å². The Kier molecular flexibility index (Phi) is 12.6. The van der Waals surface area contributed by atoms with Gasteiger partial charge in [0, 0.05) is 18.7 Å². The van der Waals surface area contributed by atoms with Crippen LogP contribution in [-0.2, 0) is 28.7 Å². The maximum absolute atomic E-state index is 12.1. The molecule has 0 spiro atoms. The number of carboxylic acids is 3. The monoisotopic (exact) mass is 437 g/mol. The van der Waals surface area contributed by atoms with E-state index in [1.54, 1.807) is 0 Å². The fourth-order valence-corrected chi connectivity index (χ4v) is 2.84. The molecule has 0 fully saturated rings. The third kappa shape index (κ3) is 12.9. The quantitative estimate of drug-likeness (QED) is 0.136. The summed E-state index contributed by atoms with van der Waals surface area (Å²) in [5, 5.41) is 31.7. The topological polar surface area (TPSA) is 208 Å². The molecule has 2 atom stereocenters. The Morgan fingerprint density at radius 2 is 1.66 bits per heavy atom. The fourth-order valence-electron chi connectivity index (χ4n) is 1.78. The largest absolute Gasteiger partial charge is 0.481 e. The number of carbonyl (C=O) groups excluding carboxylic acids is 3. The van der Waals surface area contributed by atoms with Crippen molar-refractivity contribution < 1.29 is 48.8 Å². The van der Waals surface area contributed by atoms with Crippen LogP contribution in [0.15, 0.2) is 0 Å². The average Bonchev–Trinajstić information content (AvgIpc) is 2.64. The van der Waals surface area contributed by atoms with Crippen molar-refractivity contribution in [2.24, 2.45) is 0 Å². The molecule has 0 aliphatic rings. The minimum Gasteiger partial charge on any atom is -0.481 e. The van der Waals surface area contributed by atoms with E-state index in [4.69, 9.17) is 15.3 Å². The van der Waals surface area contributed by atoms with Crippen LogP contribution in [0.2, 0.25) is 0 Å². The van der Waals surface area contributed by atoms with E-state index in [1.165, 1.54) is 0 Å². The lowest BCUT2D eigenvalue weighted by Gasteiger charge is -2.20. The highest BCUT2D eigenvalue weighted by Crippen LogP contribution is 2.17. The predicted octanol–water partition coefficient (Wildman–Crippen LogP) is -1.53. The molecule has 29 heavy (non-hydrogen) atoms. The molecule has 0 radical (unpaired) electrons. The molecule has 0 aromatic rings. The van der Waals surface area contributed by atoms with Gasteiger partial charge < -0.3 is 36.0 Å². The standard InChI is InChI=1S/C15H23N3O10S/c1-28-12(23)5-9(14(25)26)29-7-8(13(24)17-6-11(21)22)18-15(27)16-4-2-3-10(19)20/h8-9H,2-7H2,1H3,(H,17,24)(H,19,20)(H,21,22)(H,25,26)(H2,16,18,27)/t8-,9?/m0/s1. The summed E-state index contributed by atoms with van der Waals surface area (Å²) < 4.78 is 4.40. The van der Waals surface area contributed by atoms with Crippen LogP contribution in [0.1, 0.15) is 19.3 Å². The first-order chi connectivity index (χ1) is 13.6. The molecule has 3 amide bonds. The summed E-state index contributed by atoms with van der Waals surface area (Å²) in [5.74, 6) is -5.62. The first kappa shape index (κ1) is 26.0. The number of amides is 3. The molecular formula is C15H23N3O10S. The van der Waals surface area contributed by atoms with Gasteiger partial charge in [-0.2, -0.15) is 0 Å². The summed E-state index contributed by atoms with van der Waals surface area (Å²) in [4.78, 5) is 67.5. The first-order valence-electron chi connectivity index (χ1n) is 8.23. The normalized spacial score (nSPS) is 12.2. The van der Waals surface area contributed by atoms with Crippen LogP contribution in [0.4, 0.5) is 4.79 Å². The van der Waals surface area contributed by atoms with Crippen molar-refractivity contribution in [3.63, 3.8) is 0 Å². The molecule has 13 nitrogen and oxygen atoms in total. The van der Waals surface area contributed by atoms with E-state index in [1.807, 2.05) is 0 Å². The number of aliphatic carboxylic acids is 3. The predicted molar refractivity (Wildman–Crippen MR) is 98.4 cm³/mol. The lowest BCUT2D eigenvalue weighted by Crippen LogP contribution is -2.52. The number of nitrogens with one attached hydrogen (secondary N) is 3. The number of hydrogen-bond donors (Lipinski definition) is 6. The number of hydrogen-bond acceptors (Lipinski definition) is 8. The van der Waals surface area contributed by atoms with Gasteiger partial charge in [0.25, 0.3) is 0 Å². The number of urea groups is 1. The van der Waals surface area contributed by atoms with Gasteiger partial charge in [-0.1, -0.05) is 0 Å². The third-order valence-electron chi connectivity index (χ3n) is 3.21. The van der Waals surface area contributed by atoms with Gasteiger partial charge >= 0.3 is 29.9 Å². The van der Waals surface area contributed by atoms with Crippen molar-refractivity contribution in [2.75, 3.05) is 26.0 Å².